The van der Waals surface area contributed by atoms with Gasteiger partial charge in [0.05, 0.1) is 0 Å². The van der Waals surface area contributed by atoms with Crippen molar-refractivity contribution in [2.45, 2.75) is 380 Å². The lowest BCUT2D eigenvalue weighted by molar-refractivity contribution is -0.167. The van der Waals surface area contributed by atoms with E-state index < -0.39 is 6.10 Å². The number of hydrogen-bond acceptors (Lipinski definition) is 6. The molecular weight excluding hydrogens is 889 g/mol. The van der Waals surface area contributed by atoms with Crippen molar-refractivity contribution in [1.82, 2.24) is 0 Å². The zero-order chi connectivity index (χ0) is 52.2. The van der Waals surface area contributed by atoms with Gasteiger partial charge in [-0.3, -0.25) is 14.4 Å². The number of rotatable bonds is 61. The second-order valence-corrected chi connectivity index (χ2v) is 22.4. The zero-order valence-corrected chi connectivity index (χ0v) is 49.0. The van der Waals surface area contributed by atoms with Crippen LogP contribution in [0, 0.1) is 0 Å². The summed E-state index contributed by atoms with van der Waals surface area (Å²) in [6, 6.07) is 0. The van der Waals surface area contributed by atoms with Gasteiger partial charge in [0.1, 0.15) is 13.2 Å². The summed E-state index contributed by atoms with van der Waals surface area (Å²) >= 11 is 0. The normalized spacial score (nSPS) is 12.0. The van der Waals surface area contributed by atoms with Gasteiger partial charge in [0.15, 0.2) is 6.10 Å². The van der Waals surface area contributed by atoms with Crippen LogP contribution >= 0.6 is 0 Å². The smallest absolute Gasteiger partial charge is 0.306 e. The first-order valence-electron chi connectivity index (χ1n) is 32.7. The van der Waals surface area contributed by atoms with Crippen LogP contribution < -0.4 is 0 Å². The highest BCUT2D eigenvalue weighted by Crippen LogP contribution is 2.18. The molecule has 0 rings (SSSR count). The van der Waals surface area contributed by atoms with Crippen molar-refractivity contribution in [3.63, 3.8) is 0 Å². The lowest BCUT2D eigenvalue weighted by Gasteiger charge is -2.18. The van der Waals surface area contributed by atoms with Crippen molar-refractivity contribution >= 4 is 17.9 Å². The summed E-state index contributed by atoms with van der Waals surface area (Å²) < 4.78 is 16.9. The van der Waals surface area contributed by atoms with Gasteiger partial charge in [0, 0.05) is 19.3 Å². The molecule has 0 saturated carbocycles. The monoisotopic (exact) mass is 1010 g/mol. The summed E-state index contributed by atoms with van der Waals surface area (Å²) in [7, 11) is 0. The van der Waals surface area contributed by atoms with Crippen molar-refractivity contribution in [2.24, 2.45) is 0 Å². The predicted molar refractivity (Wildman–Crippen MR) is 312 cm³/mol. The van der Waals surface area contributed by atoms with E-state index in [1.165, 1.54) is 276 Å². The second kappa shape index (κ2) is 61.7. The fourth-order valence-electron chi connectivity index (χ4n) is 10.1. The molecule has 6 heteroatoms. The first kappa shape index (κ1) is 70.1. The van der Waals surface area contributed by atoms with Crippen LogP contribution in [0.5, 0.6) is 0 Å². The van der Waals surface area contributed by atoms with Gasteiger partial charge in [0.2, 0.25) is 0 Å². The second-order valence-electron chi connectivity index (χ2n) is 22.4. The van der Waals surface area contributed by atoms with Crippen molar-refractivity contribution in [2.75, 3.05) is 13.2 Å². The van der Waals surface area contributed by atoms with Crippen molar-refractivity contribution in [3.8, 4) is 0 Å². The molecule has 72 heavy (non-hydrogen) atoms. The van der Waals surface area contributed by atoms with Crippen LogP contribution in [0.3, 0.4) is 0 Å². The molecule has 0 aromatic heterocycles. The number of hydrogen-bond donors (Lipinski definition) is 0. The zero-order valence-electron chi connectivity index (χ0n) is 49.0. The molecule has 0 amide bonds. The molecule has 0 fully saturated rings. The summed E-state index contributed by atoms with van der Waals surface area (Å²) in [5.41, 5.74) is 0. The van der Waals surface area contributed by atoms with Gasteiger partial charge in [-0.05, 0) is 44.9 Å². The summed E-state index contributed by atoms with van der Waals surface area (Å²) in [4.78, 5) is 38.3. The van der Waals surface area contributed by atoms with Gasteiger partial charge < -0.3 is 14.2 Å². The van der Waals surface area contributed by atoms with Gasteiger partial charge in [-0.25, -0.2) is 0 Å². The molecule has 0 aliphatic carbocycles. The number of ether oxygens (including phenoxy) is 3. The number of carbonyl (C=O) groups excluding carboxylic acids is 3. The minimum Gasteiger partial charge on any atom is -0.462 e. The maximum Gasteiger partial charge on any atom is 0.306 e. The fourth-order valence-corrected chi connectivity index (χ4v) is 10.1. The van der Waals surface area contributed by atoms with Crippen molar-refractivity contribution in [1.29, 1.82) is 0 Å². The minimum atomic E-state index is -0.767. The molecular formula is C66H126O6. The Balaban J connectivity index is 4.19. The van der Waals surface area contributed by atoms with Crippen LogP contribution in [0.2, 0.25) is 0 Å². The first-order valence-corrected chi connectivity index (χ1v) is 32.7. The summed E-state index contributed by atoms with van der Waals surface area (Å²) in [5, 5.41) is 0. The molecule has 0 aromatic rings. The number of unbranched alkanes of at least 4 members (excludes halogenated alkanes) is 48. The Morgan fingerprint density at radius 3 is 0.694 bits per heavy atom. The van der Waals surface area contributed by atoms with Crippen LogP contribution in [0.15, 0.2) is 12.2 Å². The van der Waals surface area contributed by atoms with Gasteiger partial charge in [-0.15, -0.1) is 0 Å². The molecule has 0 radical (unpaired) electrons. The maximum atomic E-state index is 12.9. The molecule has 0 aliphatic rings. The number of esters is 3. The Kier molecular flexibility index (Phi) is 60.1. The molecule has 0 spiro atoms. The average Bonchev–Trinajstić information content (AvgIpc) is 3.38. The van der Waals surface area contributed by atoms with E-state index in [1.54, 1.807) is 0 Å². The van der Waals surface area contributed by atoms with E-state index in [2.05, 4.69) is 32.9 Å². The highest BCUT2D eigenvalue weighted by atomic mass is 16.6. The van der Waals surface area contributed by atoms with Crippen LogP contribution in [-0.4, -0.2) is 37.2 Å². The minimum absolute atomic E-state index is 0.0653. The molecule has 1 unspecified atom stereocenters. The predicted octanol–water partition coefficient (Wildman–Crippen LogP) is 22.1. The van der Waals surface area contributed by atoms with Crippen LogP contribution in [0.1, 0.15) is 374 Å². The lowest BCUT2D eigenvalue weighted by atomic mass is 10.0. The summed E-state index contributed by atoms with van der Waals surface area (Å²) in [5.74, 6) is -0.841. The van der Waals surface area contributed by atoms with Crippen LogP contribution in [-0.2, 0) is 28.6 Å². The van der Waals surface area contributed by atoms with Crippen molar-refractivity contribution in [3.05, 3.63) is 12.2 Å². The Labute approximate surface area is 450 Å². The Morgan fingerprint density at radius 2 is 0.458 bits per heavy atom. The molecule has 6 nitrogen and oxygen atoms in total. The van der Waals surface area contributed by atoms with Crippen molar-refractivity contribution < 1.29 is 28.6 Å². The Hall–Kier alpha value is -1.85. The molecule has 426 valence electrons. The largest absolute Gasteiger partial charge is 0.462 e. The van der Waals surface area contributed by atoms with Gasteiger partial charge in [0.25, 0.3) is 0 Å². The fraction of sp³-hybridized carbons (Fsp3) is 0.924. The maximum absolute atomic E-state index is 12.9. The molecule has 1 atom stereocenters. The van der Waals surface area contributed by atoms with Crippen LogP contribution in [0.4, 0.5) is 0 Å². The van der Waals surface area contributed by atoms with E-state index in [0.717, 1.165) is 57.8 Å². The highest BCUT2D eigenvalue weighted by Gasteiger charge is 2.19. The first-order chi connectivity index (χ1) is 35.5. The third-order valence-electron chi connectivity index (χ3n) is 15.0. The van der Waals surface area contributed by atoms with E-state index in [9.17, 15) is 14.4 Å². The van der Waals surface area contributed by atoms with E-state index in [1.807, 2.05) is 0 Å². The quantitative estimate of drug-likeness (QED) is 0.0261. The molecule has 0 N–H and O–H groups in total. The van der Waals surface area contributed by atoms with Gasteiger partial charge in [-0.1, -0.05) is 322 Å². The lowest BCUT2D eigenvalue weighted by Crippen LogP contribution is -2.30. The van der Waals surface area contributed by atoms with E-state index in [4.69, 9.17) is 14.2 Å². The molecule has 0 heterocycles. The van der Waals surface area contributed by atoms with Gasteiger partial charge in [-0.2, -0.15) is 0 Å². The summed E-state index contributed by atoms with van der Waals surface area (Å²) in [6.45, 7) is 6.70. The Bertz CT molecular complexity index is 1120. The summed E-state index contributed by atoms with van der Waals surface area (Å²) in [6.07, 6.45) is 72.3. The van der Waals surface area contributed by atoms with E-state index >= 15 is 0 Å². The topological polar surface area (TPSA) is 78.9 Å². The van der Waals surface area contributed by atoms with Crippen LogP contribution in [0.25, 0.3) is 0 Å². The third-order valence-corrected chi connectivity index (χ3v) is 15.0. The average molecular weight is 1020 g/mol. The molecule has 0 bridgehead atoms. The SMILES string of the molecule is CCCCCCCC/C=C\CCCCCCCCCC(=O)OC(COC(=O)CCCCCCCCCCCCCC)COC(=O)CCCCCCCCCCCCCCCCCCCCCCCCCCC. The van der Waals surface area contributed by atoms with E-state index in [-0.39, 0.29) is 31.1 Å². The highest BCUT2D eigenvalue weighted by molar-refractivity contribution is 5.71. The number of allylic oxidation sites excluding steroid dienone is 2. The van der Waals surface area contributed by atoms with E-state index in [0.29, 0.717) is 19.3 Å². The molecule has 0 saturated heterocycles. The Morgan fingerprint density at radius 1 is 0.264 bits per heavy atom. The molecule has 0 aromatic carbocycles. The third kappa shape index (κ3) is 59.0. The molecule has 0 aliphatic heterocycles. The van der Waals surface area contributed by atoms with Gasteiger partial charge >= 0.3 is 17.9 Å². The number of carbonyl (C=O) groups is 3. The standard InChI is InChI=1S/C66H126O6/c1-4-7-10-13-16-19-22-25-27-29-30-31-32-33-34-35-36-38-39-41-44-47-50-53-56-59-65(68)71-62-63(61-70-64(67)58-55-52-49-46-43-24-21-18-15-12-9-6-3)72-66(69)60-57-54-51-48-45-42-40-37-28-26-23-20-17-14-11-8-5-2/h26,28,63H,4-25,27,29-62H2,1-3H3/b28-26-.